The lowest BCUT2D eigenvalue weighted by Gasteiger charge is -2.30. The highest BCUT2D eigenvalue weighted by Crippen LogP contribution is 2.29. The van der Waals surface area contributed by atoms with Crippen molar-refractivity contribution >= 4 is 17.5 Å². The molecule has 28 heavy (non-hydrogen) atoms. The van der Waals surface area contributed by atoms with Crippen molar-refractivity contribution in [3.8, 4) is 11.5 Å². The number of rotatable bonds is 5. The molecule has 1 heterocycles. The smallest absolute Gasteiger partial charge is 0.255 e. The number of hydrogen-bond acceptors (Lipinski definition) is 4. The molecule has 3 rings (SSSR count). The van der Waals surface area contributed by atoms with Gasteiger partial charge in [0.25, 0.3) is 11.8 Å². The zero-order valence-corrected chi connectivity index (χ0v) is 16.5. The van der Waals surface area contributed by atoms with Gasteiger partial charge in [-0.3, -0.25) is 9.59 Å². The van der Waals surface area contributed by atoms with Crippen molar-refractivity contribution in [2.24, 2.45) is 5.92 Å². The number of piperidine rings is 1. The molecule has 1 fully saturated rings. The van der Waals surface area contributed by atoms with E-state index in [0.717, 1.165) is 25.9 Å². The van der Waals surface area contributed by atoms with Crippen LogP contribution in [0.15, 0.2) is 42.5 Å². The first kappa shape index (κ1) is 19.7. The number of carbonyl (C=O) groups is 2. The Bertz CT molecular complexity index is 857. The topological polar surface area (TPSA) is 67.9 Å². The Kier molecular flexibility index (Phi) is 6.19. The van der Waals surface area contributed by atoms with Crippen LogP contribution in [0.25, 0.3) is 0 Å². The van der Waals surface area contributed by atoms with E-state index >= 15 is 0 Å². The Morgan fingerprint density at radius 1 is 1.00 bits per heavy atom. The Balaban J connectivity index is 1.75. The van der Waals surface area contributed by atoms with Crippen molar-refractivity contribution in [3.05, 3.63) is 53.6 Å². The predicted octanol–water partition coefficient (Wildman–Crippen LogP) is 3.83. The molecule has 0 aromatic heterocycles. The van der Waals surface area contributed by atoms with E-state index < -0.39 is 0 Å². The molecule has 2 amide bonds. The van der Waals surface area contributed by atoms with Crippen molar-refractivity contribution in [1.29, 1.82) is 0 Å². The van der Waals surface area contributed by atoms with E-state index in [4.69, 9.17) is 9.47 Å². The predicted molar refractivity (Wildman–Crippen MR) is 108 cm³/mol. The van der Waals surface area contributed by atoms with E-state index in [0.29, 0.717) is 34.2 Å². The summed E-state index contributed by atoms with van der Waals surface area (Å²) in [5, 5.41) is 2.84. The van der Waals surface area contributed by atoms with Gasteiger partial charge < -0.3 is 19.7 Å². The first-order valence-corrected chi connectivity index (χ1v) is 9.44. The first-order valence-electron chi connectivity index (χ1n) is 9.44. The molecule has 148 valence electrons. The molecule has 0 unspecified atom stereocenters. The van der Waals surface area contributed by atoms with Gasteiger partial charge in [0.05, 0.1) is 19.9 Å². The SMILES string of the molecule is COc1ccc(NC(=O)c2cccc(C(=O)N3CCC(C)CC3)c2)c(OC)c1. The summed E-state index contributed by atoms with van der Waals surface area (Å²) in [6.45, 7) is 3.74. The van der Waals surface area contributed by atoms with Gasteiger partial charge in [0.15, 0.2) is 0 Å². The quantitative estimate of drug-likeness (QED) is 0.853. The van der Waals surface area contributed by atoms with Gasteiger partial charge >= 0.3 is 0 Å². The molecule has 0 atom stereocenters. The van der Waals surface area contributed by atoms with Crippen LogP contribution < -0.4 is 14.8 Å². The molecule has 6 heteroatoms. The molecule has 0 saturated carbocycles. The summed E-state index contributed by atoms with van der Waals surface area (Å²) in [6.07, 6.45) is 2.03. The van der Waals surface area contributed by atoms with Crippen molar-refractivity contribution in [2.45, 2.75) is 19.8 Å². The van der Waals surface area contributed by atoms with Crippen LogP contribution >= 0.6 is 0 Å². The second kappa shape index (κ2) is 8.78. The number of anilines is 1. The van der Waals surface area contributed by atoms with Gasteiger partial charge in [-0.25, -0.2) is 0 Å². The summed E-state index contributed by atoms with van der Waals surface area (Å²) in [5.74, 6) is 1.47. The van der Waals surface area contributed by atoms with E-state index in [1.807, 2.05) is 4.90 Å². The molecule has 6 nitrogen and oxygen atoms in total. The molecule has 0 aliphatic carbocycles. The highest BCUT2D eigenvalue weighted by molar-refractivity contribution is 6.06. The van der Waals surface area contributed by atoms with E-state index in [2.05, 4.69) is 12.2 Å². The van der Waals surface area contributed by atoms with Gasteiger partial charge in [-0.2, -0.15) is 0 Å². The Hall–Kier alpha value is -3.02. The standard InChI is InChI=1S/C22H26N2O4/c1-15-9-11-24(12-10-15)22(26)17-6-4-5-16(13-17)21(25)23-19-8-7-18(27-2)14-20(19)28-3/h4-8,13-15H,9-12H2,1-3H3,(H,23,25). The maximum atomic E-state index is 12.8. The molecule has 0 radical (unpaired) electrons. The van der Waals surface area contributed by atoms with Gasteiger partial charge in [-0.15, -0.1) is 0 Å². The van der Waals surface area contributed by atoms with E-state index in [1.54, 1.807) is 49.6 Å². The van der Waals surface area contributed by atoms with Crippen LogP contribution in [-0.4, -0.2) is 44.0 Å². The summed E-state index contributed by atoms with van der Waals surface area (Å²) in [4.78, 5) is 27.3. The molecular formula is C22H26N2O4. The van der Waals surface area contributed by atoms with Crippen molar-refractivity contribution in [3.63, 3.8) is 0 Å². The van der Waals surface area contributed by atoms with Gasteiger partial charge in [0, 0.05) is 30.3 Å². The summed E-state index contributed by atoms with van der Waals surface area (Å²) < 4.78 is 10.5. The first-order chi connectivity index (χ1) is 13.5. The average Bonchev–Trinajstić information content (AvgIpc) is 2.74. The normalized spacial score (nSPS) is 14.5. The Morgan fingerprint density at radius 3 is 2.39 bits per heavy atom. The van der Waals surface area contributed by atoms with E-state index in [9.17, 15) is 9.59 Å². The fraction of sp³-hybridized carbons (Fsp3) is 0.364. The van der Waals surface area contributed by atoms with Crippen LogP contribution in [0, 0.1) is 5.92 Å². The third kappa shape index (κ3) is 4.44. The third-order valence-corrected chi connectivity index (χ3v) is 5.10. The Labute approximate surface area is 165 Å². The molecular weight excluding hydrogens is 356 g/mol. The van der Waals surface area contributed by atoms with Crippen LogP contribution in [-0.2, 0) is 0 Å². The molecule has 1 N–H and O–H groups in total. The highest BCUT2D eigenvalue weighted by Gasteiger charge is 2.22. The van der Waals surface area contributed by atoms with Crippen molar-refractivity contribution in [2.75, 3.05) is 32.6 Å². The van der Waals surface area contributed by atoms with Crippen LogP contribution in [0.3, 0.4) is 0 Å². The number of carbonyl (C=O) groups excluding carboxylic acids is 2. The summed E-state index contributed by atoms with van der Waals surface area (Å²) in [6, 6.07) is 12.0. The summed E-state index contributed by atoms with van der Waals surface area (Å²) in [5.41, 5.74) is 1.49. The number of amides is 2. The molecule has 0 spiro atoms. The molecule has 1 saturated heterocycles. The maximum absolute atomic E-state index is 12.8. The van der Waals surface area contributed by atoms with Gasteiger partial charge in [-0.05, 0) is 49.1 Å². The third-order valence-electron chi connectivity index (χ3n) is 5.10. The van der Waals surface area contributed by atoms with Crippen LogP contribution in [0.5, 0.6) is 11.5 Å². The lowest BCUT2D eigenvalue weighted by Crippen LogP contribution is -2.38. The number of hydrogen-bond donors (Lipinski definition) is 1. The van der Waals surface area contributed by atoms with Crippen molar-refractivity contribution in [1.82, 2.24) is 4.90 Å². The molecule has 2 aromatic carbocycles. The highest BCUT2D eigenvalue weighted by atomic mass is 16.5. The maximum Gasteiger partial charge on any atom is 0.255 e. The van der Waals surface area contributed by atoms with Gasteiger partial charge in [-0.1, -0.05) is 13.0 Å². The molecule has 1 aliphatic rings. The number of benzene rings is 2. The number of methoxy groups -OCH3 is 2. The summed E-state index contributed by atoms with van der Waals surface area (Å²) in [7, 11) is 3.10. The molecule has 1 aliphatic heterocycles. The fourth-order valence-electron chi connectivity index (χ4n) is 3.28. The lowest BCUT2D eigenvalue weighted by molar-refractivity contribution is 0.0697. The second-order valence-corrected chi connectivity index (χ2v) is 7.08. The zero-order chi connectivity index (χ0) is 20.1. The molecule has 0 bridgehead atoms. The van der Waals surface area contributed by atoms with E-state index in [-0.39, 0.29) is 11.8 Å². The van der Waals surface area contributed by atoms with Crippen LogP contribution in [0.1, 0.15) is 40.5 Å². The fourth-order valence-corrected chi connectivity index (χ4v) is 3.28. The van der Waals surface area contributed by atoms with Gasteiger partial charge in [0.2, 0.25) is 0 Å². The number of ether oxygens (including phenoxy) is 2. The zero-order valence-electron chi connectivity index (χ0n) is 16.5. The monoisotopic (exact) mass is 382 g/mol. The minimum Gasteiger partial charge on any atom is -0.497 e. The van der Waals surface area contributed by atoms with Crippen LogP contribution in [0.2, 0.25) is 0 Å². The average molecular weight is 382 g/mol. The van der Waals surface area contributed by atoms with Crippen molar-refractivity contribution < 1.29 is 19.1 Å². The lowest BCUT2D eigenvalue weighted by atomic mass is 9.98. The van der Waals surface area contributed by atoms with Gasteiger partial charge in [0.1, 0.15) is 11.5 Å². The number of likely N-dealkylation sites (tertiary alicyclic amines) is 1. The number of nitrogens with one attached hydrogen (secondary N) is 1. The minimum atomic E-state index is -0.301. The van der Waals surface area contributed by atoms with E-state index in [1.165, 1.54) is 7.11 Å². The number of nitrogens with zero attached hydrogens (tertiary/aromatic N) is 1. The largest absolute Gasteiger partial charge is 0.497 e. The minimum absolute atomic E-state index is 0.0245. The van der Waals surface area contributed by atoms with Crippen LogP contribution in [0.4, 0.5) is 5.69 Å². The summed E-state index contributed by atoms with van der Waals surface area (Å²) >= 11 is 0. The Morgan fingerprint density at radius 2 is 1.71 bits per heavy atom. The second-order valence-electron chi connectivity index (χ2n) is 7.08. The molecule has 2 aromatic rings.